The lowest BCUT2D eigenvalue weighted by Gasteiger charge is -2.13. The van der Waals surface area contributed by atoms with Gasteiger partial charge in [0.05, 0.1) is 6.04 Å². The Kier molecular flexibility index (Phi) is 3.94. The number of pyridine rings is 1. The van der Waals surface area contributed by atoms with E-state index in [9.17, 15) is 0 Å². The van der Waals surface area contributed by atoms with E-state index < -0.39 is 0 Å². The molecule has 0 spiro atoms. The summed E-state index contributed by atoms with van der Waals surface area (Å²) in [4.78, 5) is 4.43. The van der Waals surface area contributed by atoms with E-state index in [1.54, 1.807) is 0 Å². The molecule has 104 valence electrons. The van der Waals surface area contributed by atoms with Gasteiger partial charge in [-0.05, 0) is 29.3 Å². The fourth-order valence-corrected chi connectivity index (χ4v) is 2.19. The number of hydrogen-bond acceptors (Lipinski definition) is 3. The Labute approximate surface area is 124 Å². The SMILES string of the molecule is N[C@H](c1ccccc1)c1ccc(Nc2ccccc2)nc1. The van der Waals surface area contributed by atoms with Crippen molar-refractivity contribution in [2.45, 2.75) is 6.04 Å². The van der Waals surface area contributed by atoms with E-state index in [1.165, 1.54) is 0 Å². The van der Waals surface area contributed by atoms with E-state index in [-0.39, 0.29) is 6.04 Å². The number of hydrogen-bond donors (Lipinski definition) is 2. The maximum absolute atomic E-state index is 6.26. The molecule has 21 heavy (non-hydrogen) atoms. The lowest BCUT2D eigenvalue weighted by atomic mass is 10.0. The highest BCUT2D eigenvalue weighted by Crippen LogP contribution is 2.20. The van der Waals surface area contributed by atoms with Gasteiger partial charge in [-0.1, -0.05) is 54.6 Å². The second-order valence-corrected chi connectivity index (χ2v) is 4.86. The molecule has 0 fully saturated rings. The van der Waals surface area contributed by atoms with E-state index in [4.69, 9.17) is 5.73 Å². The average Bonchev–Trinajstić information content (AvgIpc) is 2.57. The maximum atomic E-state index is 6.26. The summed E-state index contributed by atoms with van der Waals surface area (Å²) >= 11 is 0. The predicted molar refractivity (Wildman–Crippen MR) is 86.4 cm³/mol. The molecule has 1 heterocycles. The number of para-hydroxylation sites is 1. The van der Waals surface area contributed by atoms with Crippen LogP contribution in [0.2, 0.25) is 0 Å². The molecular formula is C18H17N3. The second kappa shape index (κ2) is 6.20. The highest BCUT2D eigenvalue weighted by Gasteiger charge is 2.08. The van der Waals surface area contributed by atoms with Crippen molar-refractivity contribution in [2.24, 2.45) is 5.73 Å². The van der Waals surface area contributed by atoms with Crippen molar-refractivity contribution in [2.75, 3.05) is 5.32 Å². The van der Waals surface area contributed by atoms with Crippen LogP contribution < -0.4 is 11.1 Å². The zero-order chi connectivity index (χ0) is 14.5. The van der Waals surface area contributed by atoms with Gasteiger partial charge in [0.15, 0.2) is 0 Å². The van der Waals surface area contributed by atoms with Gasteiger partial charge in [0, 0.05) is 11.9 Å². The first kappa shape index (κ1) is 13.3. The minimum Gasteiger partial charge on any atom is -0.340 e. The number of aromatic nitrogens is 1. The van der Waals surface area contributed by atoms with Crippen LogP contribution in [-0.2, 0) is 0 Å². The van der Waals surface area contributed by atoms with Gasteiger partial charge in [0.2, 0.25) is 0 Å². The third kappa shape index (κ3) is 3.27. The molecule has 1 atom stereocenters. The molecule has 1 aromatic heterocycles. The van der Waals surface area contributed by atoms with Gasteiger partial charge in [-0.25, -0.2) is 4.98 Å². The van der Waals surface area contributed by atoms with Crippen molar-refractivity contribution in [1.82, 2.24) is 4.98 Å². The van der Waals surface area contributed by atoms with Crippen molar-refractivity contribution in [3.05, 3.63) is 90.1 Å². The van der Waals surface area contributed by atoms with Crippen LogP contribution in [-0.4, -0.2) is 4.98 Å². The van der Waals surface area contributed by atoms with E-state index in [1.807, 2.05) is 79.0 Å². The van der Waals surface area contributed by atoms with Gasteiger partial charge in [0.1, 0.15) is 5.82 Å². The van der Waals surface area contributed by atoms with Crippen LogP contribution >= 0.6 is 0 Å². The summed E-state index contributed by atoms with van der Waals surface area (Å²) in [5.74, 6) is 0.810. The first-order valence-electron chi connectivity index (χ1n) is 6.91. The Morgan fingerprint density at radius 2 is 1.43 bits per heavy atom. The number of rotatable bonds is 4. The molecule has 0 radical (unpaired) electrons. The van der Waals surface area contributed by atoms with Crippen molar-refractivity contribution < 1.29 is 0 Å². The number of nitrogens with one attached hydrogen (secondary N) is 1. The molecule has 0 aliphatic rings. The van der Waals surface area contributed by atoms with Crippen LogP contribution in [0.5, 0.6) is 0 Å². The number of nitrogens with two attached hydrogens (primary N) is 1. The fourth-order valence-electron chi connectivity index (χ4n) is 2.19. The van der Waals surface area contributed by atoms with E-state index in [0.29, 0.717) is 0 Å². The molecule has 2 aromatic carbocycles. The van der Waals surface area contributed by atoms with Crippen LogP contribution in [0.4, 0.5) is 11.5 Å². The highest BCUT2D eigenvalue weighted by atomic mass is 15.0. The number of benzene rings is 2. The fraction of sp³-hybridized carbons (Fsp3) is 0.0556. The number of anilines is 2. The highest BCUT2D eigenvalue weighted by molar-refractivity contribution is 5.55. The van der Waals surface area contributed by atoms with E-state index in [2.05, 4.69) is 10.3 Å². The Bertz CT molecular complexity index is 679. The molecule has 0 aliphatic carbocycles. The number of nitrogens with zero attached hydrogens (tertiary/aromatic N) is 1. The summed E-state index contributed by atoms with van der Waals surface area (Å²) in [5.41, 5.74) is 9.36. The van der Waals surface area contributed by atoms with Crippen molar-refractivity contribution >= 4 is 11.5 Å². The Hall–Kier alpha value is -2.65. The third-order valence-electron chi connectivity index (χ3n) is 3.35. The largest absolute Gasteiger partial charge is 0.340 e. The van der Waals surface area contributed by atoms with Crippen molar-refractivity contribution in [1.29, 1.82) is 0 Å². The van der Waals surface area contributed by atoms with Gasteiger partial charge in [0.25, 0.3) is 0 Å². The van der Waals surface area contributed by atoms with E-state index in [0.717, 1.165) is 22.6 Å². The Balaban J connectivity index is 1.75. The molecule has 3 aromatic rings. The topological polar surface area (TPSA) is 50.9 Å². The van der Waals surface area contributed by atoms with Gasteiger partial charge in [-0.3, -0.25) is 0 Å². The molecule has 3 rings (SSSR count). The summed E-state index contributed by atoms with van der Waals surface area (Å²) in [6.45, 7) is 0. The smallest absolute Gasteiger partial charge is 0.130 e. The van der Waals surface area contributed by atoms with E-state index >= 15 is 0 Å². The van der Waals surface area contributed by atoms with Gasteiger partial charge in [-0.15, -0.1) is 0 Å². The monoisotopic (exact) mass is 275 g/mol. The lowest BCUT2D eigenvalue weighted by molar-refractivity contribution is 0.864. The van der Waals surface area contributed by atoms with Gasteiger partial charge < -0.3 is 11.1 Å². The molecule has 3 heteroatoms. The minimum atomic E-state index is -0.149. The second-order valence-electron chi connectivity index (χ2n) is 4.86. The summed E-state index contributed by atoms with van der Waals surface area (Å²) in [6, 6.07) is 23.8. The molecule has 0 aliphatic heterocycles. The molecule has 0 saturated heterocycles. The summed E-state index contributed by atoms with van der Waals surface area (Å²) in [7, 11) is 0. The Morgan fingerprint density at radius 1 is 0.762 bits per heavy atom. The van der Waals surface area contributed by atoms with Crippen LogP contribution in [0.15, 0.2) is 79.0 Å². The third-order valence-corrected chi connectivity index (χ3v) is 3.35. The lowest BCUT2D eigenvalue weighted by Crippen LogP contribution is -2.12. The summed E-state index contributed by atoms with van der Waals surface area (Å²) in [6.07, 6.45) is 1.82. The average molecular weight is 275 g/mol. The zero-order valence-corrected chi connectivity index (χ0v) is 11.6. The molecular weight excluding hydrogens is 258 g/mol. The minimum absolute atomic E-state index is 0.149. The summed E-state index contributed by atoms with van der Waals surface area (Å²) < 4.78 is 0. The van der Waals surface area contributed by atoms with Crippen LogP contribution in [0.3, 0.4) is 0 Å². The molecule has 0 unspecified atom stereocenters. The van der Waals surface area contributed by atoms with Crippen molar-refractivity contribution in [3.8, 4) is 0 Å². The molecule has 3 N–H and O–H groups in total. The standard InChI is InChI=1S/C18H17N3/c19-18(14-7-3-1-4-8-14)15-11-12-17(20-13-15)21-16-9-5-2-6-10-16/h1-13,18H,19H2,(H,20,21)/t18-/m1/s1. The van der Waals surface area contributed by atoms with Gasteiger partial charge >= 0.3 is 0 Å². The Morgan fingerprint density at radius 3 is 2.05 bits per heavy atom. The first-order chi connectivity index (χ1) is 10.3. The van der Waals surface area contributed by atoms with Crippen LogP contribution in [0.25, 0.3) is 0 Å². The first-order valence-corrected chi connectivity index (χ1v) is 6.91. The zero-order valence-electron chi connectivity index (χ0n) is 11.6. The predicted octanol–water partition coefficient (Wildman–Crippen LogP) is 3.87. The molecule has 3 nitrogen and oxygen atoms in total. The van der Waals surface area contributed by atoms with Gasteiger partial charge in [-0.2, -0.15) is 0 Å². The quantitative estimate of drug-likeness (QED) is 0.760. The van der Waals surface area contributed by atoms with Crippen molar-refractivity contribution in [3.63, 3.8) is 0 Å². The molecule has 0 saturated carbocycles. The molecule has 0 amide bonds. The summed E-state index contributed by atoms with van der Waals surface area (Å²) in [5, 5.41) is 3.26. The molecule has 0 bridgehead atoms. The maximum Gasteiger partial charge on any atom is 0.130 e. The van der Waals surface area contributed by atoms with Crippen LogP contribution in [0.1, 0.15) is 17.2 Å². The van der Waals surface area contributed by atoms with Crippen LogP contribution in [0, 0.1) is 0 Å². The normalized spacial score (nSPS) is 11.9.